The van der Waals surface area contributed by atoms with Crippen LogP contribution in [0.5, 0.6) is 0 Å². The van der Waals surface area contributed by atoms with E-state index in [-0.39, 0.29) is 24.6 Å². The molecule has 3 aromatic rings. The van der Waals surface area contributed by atoms with Gasteiger partial charge in [0.25, 0.3) is 0 Å². The van der Waals surface area contributed by atoms with Crippen molar-refractivity contribution in [2.24, 2.45) is 4.99 Å². The van der Waals surface area contributed by atoms with Crippen LogP contribution in [0.3, 0.4) is 0 Å². The summed E-state index contributed by atoms with van der Waals surface area (Å²) in [6.07, 6.45) is -6.10. The molecule has 0 saturated heterocycles. The number of aliphatic imine (C=N–C) groups is 1. The van der Waals surface area contributed by atoms with Crippen molar-refractivity contribution in [3.05, 3.63) is 101 Å². The second kappa shape index (κ2) is 10.2. The molecule has 0 bridgehead atoms. The van der Waals surface area contributed by atoms with Crippen LogP contribution in [0.25, 0.3) is 0 Å². The molecule has 0 aliphatic carbocycles. The predicted molar refractivity (Wildman–Crippen MR) is 132 cm³/mol. The molecule has 1 unspecified atom stereocenters. The summed E-state index contributed by atoms with van der Waals surface area (Å²) in [7, 11) is 0. The van der Waals surface area contributed by atoms with E-state index in [0.717, 1.165) is 27.5 Å². The Morgan fingerprint density at radius 1 is 0.865 bits per heavy atom. The van der Waals surface area contributed by atoms with Gasteiger partial charge in [-0.1, -0.05) is 54.6 Å². The zero-order valence-corrected chi connectivity index (χ0v) is 20.2. The van der Waals surface area contributed by atoms with Crippen LogP contribution in [0.15, 0.2) is 83.9 Å². The molecule has 0 saturated carbocycles. The minimum absolute atomic E-state index is 0.0300. The summed E-state index contributed by atoms with van der Waals surface area (Å²) in [5.74, 6) is -0.0759. The number of nitrogens with zero attached hydrogens (tertiary/aromatic N) is 3. The highest BCUT2D eigenvalue weighted by atomic mass is 19.4. The maximum atomic E-state index is 14.5. The van der Waals surface area contributed by atoms with Gasteiger partial charge in [-0.3, -0.25) is 9.80 Å². The SMILES string of the molecule is CC(C)(F)c1cccc(NC2=NC(O)N(Cc3ccccc3)C(=O)N2Cc2cccc(C(F)(F)F)c2)c1. The largest absolute Gasteiger partial charge is 0.416 e. The lowest BCUT2D eigenvalue weighted by Crippen LogP contribution is -2.55. The van der Waals surface area contributed by atoms with E-state index in [1.165, 1.54) is 32.0 Å². The predicted octanol–water partition coefficient (Wildman–Crippen LogP) is 6.09. The van der Waals surface area contributed by atoms with Crippen LogP contribution in [0, 0.1) is 0 Å². The van der Waals surface area contributed by atoms with E-state index < -0.39 is 29.8 Å². The lowest BCUT2D eigenvalue weighted by atomic mass is 10.00. The van der Waals surface area contributed by atoms with Gasteiger partial charge in [0.15, 0.2) is 0 Å². The first-order valence-electron chi connectivity index (χ1n) is 11.5. The molecule has 2 N–H and O–H groups in total. The van der Waals surface area contributed by atoms with Crippen molar-refractivity contribution in [2.45, 2.75) is 45.1 Å². The highest BCUT2D eigenvalue weighted by Crippen LogP contribution is 2.31. The topological polar surface area (TPSA) is 68.2 Å². The van der Waals surface area contributed by atoms with Gasteiger partial charge in [0.1, 0.15) is 5.67 Å². The number of alkyl halides is 4. The van der Waals surface area contributed by atoms with Gasteiger partial charge in [-0.25, -0.2) is 9.18 Å². The summed E-state index contributed by atoms with van der Waals surface area (Å²) in [4.78, 5) is 20.0. The summed E-state index contributed by atoms with van der Waals surface area (Å²) in [5, 5.41) is 13.6. The molecule has 1 aliphatic heterocycles. The number of halogens is 4. The zero-order valence-electron chi connectivity index (χ0n) is 20.2. The molecule has 1 heterocycles. The fraction of sp³-hybridized carbons (Fsp3) is 0.259. The van der Waals surface area contributed by atoms with Crippen LogP contribution in [-0.4, -0.2) is 33.2 Å². The van der Waals surface area contributed by atoms with Crippen LogP contribution in [0.4, 0.5) is 28.0 Å². The van der Waals surface area contributed by atoms with Gasteiger partial charge in [-0.05, 0) is 54.8 Å². The summed E-state index contributed by atoms with van der Waals surface area (Å²) in [6, 6.07) is 19.3. The fourth-order valence-corrected chi connectivity index (χ4v) is 3.89. The van der Waals surface area contributed by atoms with Crippen molar-refractivity contribution >= 4 is 17.7 Å². The third kappa shape index (κ3) is 6.26. The van der Waals surface area contributed by atoms with Gasteiger partial charge in [0.05, 0.1) is 18.7 Å². The Labute approximate surface area is 211 Å². The van der Waals surface area contributed by atoms with Gasteiger partial charge in [-0.2, -0.15) is 18.2 Å². The van der Waals surface area contributed by atoms with Crippen molar-refractivity contribution in [1.82, 2.24) is 9.80 Å². The number of anilines is 1. The molecule has 0 spiro atoms. The number of rotatable bonds is 6. The molecule has 1 aliphatic rings. The number of guanidine groups is 1. The van der Waals surface area contributed by atoms with E-state index in [9.17, 15) is 27.5 Å². The maximum Gasteiger partial charge on any atom is 0.416 e. The van der Waals surface area contributed by atoms with Gasteiger partial charge in [0.2, 0.25) is 12.3 Å². The highest BCUT2D eigenvalue weighted by molar-refractivity contribution is 6.05. The van der Waals surface area contributed by atoms with Crippen molar-refractivity contribution in [2.75, 3.05) is 5.32 Å². The second-order valence-corrected chi connectivity index (χ2v) is 9.16. The van der Waals surface area contributed by atoms with Gasteiger partial charge >= 0.3 is 12.2 Å². The van der Waals surface area contributed by atoms with Crippen LogP contribution in [0.2, 0.25) is 0 Å². The monoisotopic (exact) mass is 514 g/mol. The first-order valence-corrected chi connectivity index (χ1v) is 11.5. The standard InChI is InChI=1S/C27H26F4N4O2/c1-26(2,28)20-11-7-13-22(15-20)32-23-33-24(36)35(16-18-8-4-3-5-9-18)25(37)34(23)17-19-10-6-12-21(14-19)27(29,30)31/h3-15,24,36H,16-17H2,1-2H3,(H,32,33). The lowest BCUT2D eigenvalue weighted by Gasteiger charge is -2.37. The Hall–Kier alpha value is -3.92. The van der Waals surface area contributed by atoms with E-state index in [2.05, 4.69) is 10.3 Å². The van der Waals surface area contributed by atoms with Crippen LogP contribution in [0.1, 0.15) is 36.1 Å². The number of nitrogens with one attached hydrogen (secondary N) is 1. The van der Waals surface area contributed by atoms with Gasteiger partial charge in [-0.15, -0.1) is 0 Å². The maximum absolute atomic E-state index is 14.5. The number of hydrogen-bond acceptors (Lipinski definition) is 4. The summed E-state index contributed by atoms with van der Waals surface area (Å²) < 4.78 is 54.4. The highest BCUT2D eigenvalue weighted by Gasteiger charge is 2.36. The van der Waals surface area contributed by atoms with Crippen LogP contribution >= 0.6 is 0 Å². The van der Waals surface area contributed by atoms with Crippen molar-refractivity contribution in [3.63, 3.8) is 0 Å². The Bertz CT molecular complexity index is 1290. The normalized spacial score (nSPS) is 16.6. The molecule has 10 heteroatoms. The van der Waals surface area contributed by atoms with E-state index in [0.29, 0.717) is 11.3 Å². The molecule has 4 rings (SSSR count). The molecule has 1 atom stereocenters. The van der Waals surface area contributed by atoms with Crippen LogP contribution < -0.4 is 5.32 Å². The summed E-state index contributed by atoms with van der Waals surface area (Å²) in [6.45, 7) is 2.58. The molecule has 0 radical (unpaired) electrons. The Balaban J connectivity index is 1.69. The summed E-state index contributed by atoms with van der Waals surface area (Å²) >= 11 is 0. The number of aliphatic hydroxyl groups is 1. The fourth-order valence-electron chi connectivity index (χ4n) is 3.89. The number of hydrogen-bond donors (Lipinski definition) is 2. The molecule has 37 heavy (non-hydrogen) atoms. The van der Waals surface area contributed by atoms with E-state index in [4.69, 9.17) is 0 Å². The number of aliphatic hydroxyl groups excluding tert-OH is 1. The second-order valence-electron chi connectivity index (χ2n) is 9.16. The van der Waals surface area contributed by atoms with E-state index in [1.54, 1.807) is 42.5 Å². The molecule has 2 amide bonds. The molecule has 0 fully saturated rings. The van der Waals surface area contributed by atoms with Crippen molar-refractivity contribution in [3.8, 4) is 0 Å². The number of amides is 2. The molecule has 0 aromatic heterocycles. The zero-order chi connectivity index (χ0) is 26.8. The van der Waals surface area contributed by atoms with Crippen molar-refractivity contribution in [1.29, 1.82) is 0 Å². The third-order valence-corrected chi connectivity index (χ3v) is 5.84. The smallest absolute Gasteiger partial charge is 0.355 e. The number of carbonyl (C=O) groups is 1. The van der Waals surface area contributed by atoms with Gasteiger partial charge < -0.3 is 10.4 Å². The Morgan fingerprint density at radius 3 is 2.19 bits per heavy atom. The number of urea groups is 1. The Morgan fingerprint density at radius 2 is 1.51 bits per heavy atom. The molecule has 3 aromatic carbocycles. The quantitative estimate of drug-likeness (QED) is 0.391. The lowest BCUT2D eigenvalue weighted by molar-refractivity contribution is -0.137. The third-order valence-electron chi connectivity index (χ3n) is 5.84. The van der Waals surface area contributed by atoms with Crippen molar-refractivity contribution < 1.29 is 27.5 Å². The Kier molecular flexibility index (Phi) is 7.22. The van der Waals surface area contributed by atoms with Gasteiger partial charge in [0, 0.05) is 5.69 Å². The molecular weight excluding hydrogens is 488 g/mol. The average molecular weight is 515 g/mol. The van der Waals surface area contributed by atoms with E-state index >= 15 is 0 Å². The number of carbonyl (C=O) groups excluding carboxylic acids is 1. The average Bonchev–Trinajstić information content (AvgIpc) is 2.84. The molecule has 194 valence electrons. The van der Waals surface area contributed by atoms with E-state index in [1.807, 2.05) is 6.07 Å². The first kappa shape index (κ1) is 26.2. The molecule has 6 nitrogen and oxygen atoms in total. The van der Waals surface area contributed by atoms with Crippen LogP contribution in [-0.2, 0) is 24.9 Å². The molecular formula is C27H26F4N4O2. The first-order chi connectivity index (χ1) is 17.4. The minimum atomic E-state index is -4.55. The summed E-state index contributed by atoms with van der Waals surface area (Å²) in [5.41, 5.74) is -0.764. The number of benzene rings is 3. The minimum Gasteiger partial charge on any atom is -0.355 e.